The first-order chi connectivity index (χ1) is 7.77. The number of rotatable bonds is 5. The third-order valence-corrected chi connectivity index (χ3v) is 5.46. The summed E-state index contributed by atoms with van der Waals surface area (Å²) in [5.74, 6) is 0. The second-order valence-corrected chi connectivity index (χ2v) is 8.00. The van der Waals surface area contributed by atoms with E-state index in [4.69, 9.17) is 4.74 Å². The molecule has 102 valence electrons. The highest BCUT2D eigenvalue weighted by Crippen LogP contribution is 2.35. The van der Waals surface area contributed by atoms with E-state index in [9.17, 15) is 8.42 Å². The largest absolute Gasteiger partial charge is 0.383 e. The second kappa shape index (κ2) is 5.67. The Morgan fingerprint density at radius 3 is 2.35 bits per heavy atom. The molecule has 1 fully saturated rings. The minimum absolute atomic E-state index is 0.104. The maximum atomic E-state index is 12.0. The quantitative estimate of drug-likeness (QED) is 0.824. The molecule has 1 N–H and O–H groups in total. The molecule has 0 aromatic rings. The standard InChI is InChI=1S/C12H25NO3S/c1-10(9-16-4)17(14,15)13-11-5-7-12(2,3)8-6-11/h10-11,13H,5-9H2,1-4H3. The van der Waals surface area contributed by atoms with Gasteiger partial charge in [0.2, 0.25) is 10.0 Å². The fourth-order valence-electron chi connectivity index (χ4n) is 2.19. The highest BCUT2D eigenvalue weighted by Gasteiger charge is 2.30. The van der Waals surface area contributed by atoms with E-state index in [1.807, 2.05) is 0 Å². The van der Waals surface area contributed by atoms with Gasteiger partial charge < -0.3 is 4.74 Å². The van der Waals surface area contributed by atoms with Crippen molar-refractivity contribution in [3.05, 3.63) is 0 Å². The summed E-state index contributed by atoms with van der Waals surface area (Å²) < 4.78 is 31.6. The van der Waals surface area contributed by atoms with Crippen LogP contribution in [0, 0.1) is 5.41 Å². The average molecular weight is 263 g/mol. The average Bonchev–Trinajstić information content (AvgIpc) is 2.21. The van der Waals surface area contributed by atoms with E-state index in [0.717, 1.165) is 25.7 Å². The van der Waals surface area contributed by atoms with Gasteiger partial charge in [-0.25, -0.2) is 13.1 Å². The fourth-order valence-corrected chi connectivity index (χ4v) is 3.44. The molecule has 1 atom stereocenters. The van der Waals surface area contributed by atoms with Crippen molar-refractivity contribution in [3.63, 3.8) is 0 Å². The second-order valence-electron chi connectivity index (χ2n) is 5.87. The molecule has 1 unspecified atom stereocenters. The summed E-state index contributed by atoms with van der Waals surface area (Å²) in [4.78, 5) is 0. The minimum Gasteiger partial charge on any atom is -0.383 e. The zero-order valence-electron chi connectivity index (χ0n) is 11.3. The van der Waals surface area contributed by atoms with Gasteiger partial charge in [0, 0.05) is 13.2 Å². The normalized spacial score (nSPS) is 23.5. The van der Waals surface area contributed by atoms with Crippen LogP contribution in [0.5, 0.6) is 0 Å². The summed E-state index contributed by atoms with van der Waals surface area (Å²) in [6.45, 7) is 6.41. The van der Waals surface area contributed by atoms with Crippen molar-refractivity contribution in [1.29, 1.82) is 0 Å². The van der Waals surface area contributed by atoms with Crippen LogP contribution in [-0.2, 0) is 14.8 Å². The van der Waals surface area contributed by atoms with Gasteiger partial charge in [-0.15, -0.1) is 0 Å². The Bertz CT molecular complexity index is 328. The van der Waals surface area contributed by atoms with Gasteiger partial charge in [-0.1, -0.05) is 13.8 Å². The lowest BCUT2D eigenvalue weighted by Gasteiger charge is -2.34. The van der Waals surface area contributed by atoms with Gasteiger partial charge in [0.25, 0.3) is 0 Å². The molecule has 5 heteroatoms. The minimum atomic E-state index is -3.23. The molecule has 0 saturated heterocycles. The number of hydrogen-bond donors (Lipinski definition) is 1. The Balaban J connectivity index is 2.50. The summed E-state index contributed by atoms with van der Waals surface area (Å²) in [6, 6.07) is 0.104. The lowest BCUT2D eigenvalue weighted by Crippen LogP contribution is -2.43. The van der Waals surface area contributed by atoms with Crippen molar-refractivity contribution < 1.29 is 13.2 Å². The van der Waals surface area contributed by atoms with Gasteiger partial charge in [0.1, 0.15) is 0 Å². The molecule has 1 saturated carbocycles. The van der Waals surface area contributed by atoms with Crippen LogP contribution >= 0.6 is 0 Å². The lowest BCUT2D eigenvalue weighted by atomic mass is 9.76. The smallest absolute Gasteiger partial charge is 0.216 e. The first-order valence-electron chi connectivity index (χ1n) is 6.27. The van der Waals surface area contributed by atoms with Crippen LogP contribution in [0.15, 0.2) is 0 Å². The summed E-state index contributed by atoms with van der Waals surface area (Å²) >= 11 is 0. The molecule has 17 heavy (non-hydrogen) atoms. The predicted molar refractivity (Wildman–Crippen MR) is 69.4 cm³/mol. The highest BCUT2D eigenvalue weighted by atomic mass is 32.2. The van der Waals surface area contributed by atoms with Gasteiger partial charge in [0.05, 0.1) is 11.9 Å². The monoisotopic (exact) mass is 263 g/mol. The van der Waals surface area contributed by atoms with Gasteiger partial charge in [-0.3, -0.25) is 0 Å². The van der Waals surface area contributed by atoms with Crippen LogP contribution < -0.4 is 4.72 Å². The van der Waals surface area contributed by atoms with Gasteiger partial charge in [0.15, 0.2) is 0 Å². The molecule has 0 bridgehead atoms. The van der Waals surface area contributed by atoms with E-state index >= 15 is 0 Å². The molecule has 0 aromatic heterocycles. The summed E-state index contributed by atoms with van der Waals surface area (Å²) in [7, 11) is -1.71. The van der Waals surface area contributed by atoms with E-state index in [2.05, 4.69) is 18.6 Å². The first kappa shape index (κ1) is 14.9. The Labute approximate surface area is 105 Å². The van der Waals surface area contributed by atoms with Crippen LogP contribution in [0.4, 0.5) is 0 Å². The summed E-state index contributed by atoms with van der Waals surface area (Å²) in [6.07, 6.45) is 4.04. The van der Waals surface area contributed by atoms with Crippen LogP contribution in [0.25, 0.3) is 0 Å². The van der Waals surface area contributed by atoms with Crippen LogP contribution in [-0.4, -0.2) is 33.4 Å². The lowest BCUT2D eigenvalue weighted by molar-refractivity contribution is 0.198. The van der Waals surface area contributed by atoms with Gasteiger partial charge in [-0.05, 0) is 38.0 Å². The molecule has 1 rings (SSSR count). The van der Waals surface area contributed by atoms with Crippen molar-refractivity contribution in [2.24, 2.45) is 5.41 Å². The molecule has 0 radical (unpaired) electrons. The van der Waals surface area contributed by atoms with Gasteiger partial charge >= 0.3 is 0 Å². The topological polar surface area (TPSA) is 55.4 Å². The van der Waals surface area contributed by atoms with Crippen LogP contribution in [0.3, 0.4) is 0 Å². The zero-order chi connectivity index (χ0) is 13.1. The van der Waals surface area contributed by atoms with Crippen molar-refractivity contribution in [3.8, 4) is 0 Å². The Kier molecular flexibility index (Phi) is 4.98. The Morgan fingerprint density at radius 2 is 1.88 bits per heavy atom. The molecular weight excluding hydrogens is 238 g/mol. The molecule has 0 aromatic carbocycles. The SMILES string of the molecule is COCC(C)S(=O)(=O)NC1CCC(C)(C)CC1. The Hall–Kier alpha value is -0.130. The molecule has 0 aliphatic heterocycles. The summed E-state index contributed by atoms with van der Waals surface area (Å²) in [5, 5.41) is -0.484. The maximum absolute atomic E-state index is 12.0. The van der Waals surface area contributed by atoms with Crippen LogP contribution in [0.1, 0.15) is 46.5 Å². The molecule has 1 aliphatic carbocycles. The van der Waals surface area contributed by atoms with E-state index < -0.39 is 15.3 Å². The van der Waals surface area contributed by atoms with Crippen molar-refractivity contribution >= 4 is 10.0 Å². The number of nitrogens with one attached hydrogen (secondary N) is 1. The molecule has 4 nitrogen and oxygen atoms in total. The fraction of sp³-hybridized carbons (Fsp3) is 1.00. The Morgan fingerprint density at radius 1 is 1.35 bits per heavy atom. The zero-order valence-corrected chi connectivity index (χ0v) is 12.1. The molecule has 0 heterocycles. The van der Waals surface area contributed by atoms with E-state index in [1.165, 1.54) is 7.11 Å². The third kappa shape index (κ3) is 4.56. The first-order valence-corrected chi connectivity index (χ1v) is 7.81. The van der Waals surface area contributed by atoms with E-state index in [0.29, 0.717) is 5.41 Å². The molecular formula is C12H25NO3S. The number of ether oxygens (including phenoxy) is 1. The number of methoxy groups -OCH3 is 1. The molecule has 0 spiro atoms. The highest BCUT2D eigenvalue weighted by molar-refractivity contribution is 7.90. The van der Waals surface area contributed by atoms with Gasteiger partial charge in [-0.2, -0.15) is 0 Å². The molecule has 1 aliphatic rings. The molecule has 0 amide bonds. The van der Waals surface area contributed by atoms with Crippen molar-refractivity contribution in [1.82, 2.24) is 4.72 Å². The number of hydrogen-bond acceptors (Lipinski definition) is 3. The van der Waals surface area contributed by atoms with E-state index in [-0.39, 0.29) is 12.6 Å². The predicted octanol–water partition coefficient (Wildman–Crippen LogP) is 1.91. The van der Waals surface area contributed by atoms with Crippen molar-refractivity contribution in [2.75, 3.05) is 13.7 Å². The van der Waals surface area contributed by atoms with Crippen LogP contribution in [0.2, 0.25) is 0 Å². The maximum Gasteiger partial charge on any atom is 0.216 e. The van der Waals surface area contributed by atoms with E-state index in [1.54, 1.807) is 6.92 Å². The number of sulfonamides is 1. The summed E-state index contributed by atoms with van der Waals surface area (Å²) in [5.41, 5.74) is 0.361. The van der Waals surface area contributed by atoms with Crippen molar-refractivity contribution in [2.45, 2.75) is 57.7 Å². The third-order valence-electron chi connectivity index (χ3n) is 3.60.